The molecular formula is C23H34N4O2. The predicted octanol–water partition coefficient (Wildman–Crippen LogP) is 3.33. The SMILES string of the molecule is CN(C)C(=O)N[C@@H]1CCN(c2ccc(C(=O)N3CCCC4CCCCC43)cc2)C1. The van der Waals surface area contributed by atoms with E-state index in [2.05, 4.69) is 27.2 Å². The second-order valence-corrected chi connectivity index (χ2v) is 9.08. The number of nitrogens with zero attached hydrogens (tertiary/aromatic N) is 3. The van der Waals surface area contributed by atoms with E-state index in [9.17, 15) is 9.59 Å². The summed E-state index contributed by atoms with van der Waals surface area (Å²) in [4.78, 5) is 31.1. The highest BCUT2D eigenvalue weighted by molar-refractivity contribution is 5.95. The maximum Gasteiger partial charge on any atom is 0.317 e. The monoisotopic (exact) mass is 398 g/mol. The predicted molar refractivity (Wildman–Crippen MR) is 115 cm³/mol. The van der Waals surface area contributed by atoms with Gasteiger partial charge in [-0.15, -0.1) is 0 Å². The molecule has 1 aliphatic carbocycles. The van der Waals surface area contributed by atoms with Crippen molar-refractivity contribution >= 4 is 17.6 Å². The smallest absolute Gasteiger partial charge is 0.317 e. The molecule has 0 radical (unpaired) electrons. The minimum atomic E-state index is -0.0413. The summed E-state index contributed by atoms with van der Waals surface area (Å²) in [5.74, 6) is 0.908. The maximum atomic E-state index is 13.2. The van der Waals surface area contributed by atoms with Gasteiger partial charge in [0.05, 0.1) is 0 Å². The third kappa shape index (κ3) is 4.36. The van der Waals surface area contributed by atoms with E-state index in [1.165, 1.54) is 32.1 Å². The number of amides is 3. The lowest BCUT2D eigenvalue weighted by Crippen LogP contribution is -2.49. The molecule has 0 bridgehead atoms. The van der Waals surface area contributed by atoms with Gasteiger partial charge in [0.2, 0.25) is 0 Å². The van der Waals surface area contributed by atoms with Crippen LogP contribution in [0.2, 0.25) is 0 Å². The average molecular weight is 399 g/mol. The zero-order valence-electron chi connectivity index (χ0n) is 17.8. The van der Waals surface area contributed by atoms with Gasteiger partial charge in [0.25, 0.3) is 5.91 Å². The van der Waals surface area contributed by atoms with Crippen LogP contribution in [0.1, 0.15) is 55.3 Å². The number of hydrogen-bond donors (Lipinski definition) is 1. The quantitative estimate of drug-likeness (QED) is 0.850. The van der Waals surface area contributed by atoms with Crippen molar-refractivity contribution in [3.05, 3.63) is 29.8 Å². The first-order valence-corrected chi connectivity index (χ1v) is 11.2. The van der Waals surface area contributed by atoms with Crippen LogP contribution in [0, 0.1) is 5.92 Å². The first kappa shape index (κ1) is 20.0. The highest BCUT2D eigenvalue weighted by Gasteiger charge is 2.36. The van der Waals surface area contributed by atoms with Crippen LogP contribution < -0.4 is 10.2 Å². The summed E-state index contributed by atoms with van der Waals surface area (Å²) in [5.41, 5.74) is 1.92. The van der Waals surface area contributed by atoms with Crippen LogP contribution in [0.15, 0.2) is 24.3 Å². The second-order valence-electron chi connectivity index (χ2n) is 9.08. The van der Waals surface area contributed by atoms with Gasteiger partial charge in [-0.3, -0.25) is 4.79 Å². The maximum absolute atomic E-state index is 13.2. The van der Waals surface area contributed by atoms with Crippen molar-refractivity contribution in [2.75, 3.05) is 38.6 Å². The number of likely N-dealkylation sites (tertiary alicyclic amines) is 1. The molecule has 2 heterocycles. The summed E-state index contributed by atoms with van der Waals surface area (Å²) in [5, 5.41) is 3.06. The summed E-state index contributed by atoms with van der Waals surface area (Å²) in [6.45, 7) is 2.63. The number of hydrogen-bond acceptors (Lipinski definition) is 3. The fourth-order valence-electron chi connectivity index (χ4n) is 5.27. The normalized spacial score (nSPS) is 26.8. The molecule has 3 amide bonds. The number of fused-ring (bicyclic) bond motifs is 1. The molecule has 2 unspecified atom stereocenters. The number of piperidine rings is 1. The summed E-state index contributed by atoms with van der Waals surface area (Å²) < 4.78 is 0. The molecule has 1 N–H and O–H groups in total. The number of benzene rings is 1. The molecular weight excluding hydrogens is 364 g/mol. The third-order valence-electron chi connectivity index (χ3n) is 6.91. The van der Waals surface area contributed by atoms with Gasteiger partial charge in [-0.2, -0.15) is 0 Å². The standard InChI is InChI=1S/C23H34N4O2/c1-25(2)23(29)24-19-13-15-26(16-19)20-11-9-18(10-12-20)22(28)27-14-5-7-17-6-3-4-8-21(17)27/h9-12,17,19,21H,3-8,13-16H2,1-2H3,(H,24,29)/t17?,19-,21?/m1/s1. The Morgan fingerprint density at radius 3 is 2.45 bits per heavy atom. The van der Waals surface area contributed by atoms with Crippen molar-refractivity contribution in [1.82, 2.24) is 15.1 Å². The molecule has 2 saturated heterocycles. The van der Waals surface area contributed by atoms with Crippen molar-refractivity contribution in [2.45, 2.75) is 57.0 Å². The third-order valence-corrected chi connectivity index (χ3v) is 6.91. The van der Waals surface area contributed by atoms with Gasteiger partial charge in [-0.25, -0.2) is 4.79 Å². The topological polar surface area (TPSA) is 55.9 Å². The van der Waals surface area contributed by atoms with Crippen LogP contribution in [0.25, 0.3) is 0 Å². The van der Waals surface area contributed by atoms with Gasteiger partial charge < -0.3 is 20.0 Å². The van der Waals surface area contributed by atoms with Gasteiger partial charge in [0.15, 0.2) is 0 Å². The highest BCUT2D eigenvalue weighted by Crippen LogP contribution is 2.36. The van der Waals surface area contributed by atoms with Crippen LogP contribution in [0.5, 0.6) is 0 Å². The van der Waals surface area contributed by atoms with E-state index in [-0.39, 0.29) is 18.0 Å². The molecule has 29 heavy (non-hydrogen) atoms. The first-order chi connectivity index (χ1) is 14.0. The molecule has 6 heteroatoms. The van der Waals surface area contributed by atoms with E-state index in [0.717, 1.165) is 43.7 Å². The van der Waals surface area contributed by atoms with Crippen LogP contribution in [0.4, 0.5) is 10.5 Å². The van der Waals surface area contributed by atoms with E-state index >= 15 is 0 Å². The molecule has 3 aliphatic rings. The zero-order chi connectivity index (χ0) is 20.4. The lowest BCUT2D eigenvalue weighted by molar-refractivity contribution is 0.0390. The van der Waals surface area contributed by atoms with Crippen molar-refractivity contribution in [3.63, 3.8) is 0 Å². The van der Waals surface area contributed by atoms with Crippen molar-refractivity contribution in [2.24, 2.45) is 5.92 Å². The van der Waals surface area contributed by atoms with Crippen LogP contribution >= 0.6 is 0 Å². The van der Waals surface area contributed by atoms with E-state index < -0.39 is 0 Å². The molecule has 3 atom stereocenters. The number of urea groups is 1. The minimum absolute atomic E-state index is 0.0413. The second kappa shape index (κ2) is 8.64. The lowest BCUT2D eigenvalue weighted by Gasteiger charge is -2.44. The Labute approximate surface area is 174 Å². The van der Waals surface area contributed by atoms with Crippen LogP contribution in [0.3, 0.4) is 0 Å². The van der Waals surface area contributed by atoms with Gasteiger partial charge >= 0.3 is 6.03 Å². The number of anilines is 1. The first-order valence-electron chi connectivity index (χ1n) is 11.2. The Balaban J connectivity index is 1.38. The minimum Gasteiger partial charge on any atom is -0.369 e. The Morgan fingerprint density at radius 1 is 0.966 bits per heavy atom. The van der Waals surface area contributed by atoms with E-state index in [1.54, 1.807) is 19.0 Å². The summed E-state index contributed by atoms with van der Waals surface area (Å²) in [6, 6.07) is 8.66. The molecule has 1 aromatic carbocycles. The number of carbonyl (C=O) groups is 2. The van der Waals surface area contributed by atoms with Crippen LogP contribution in [-0.2, 0) is 0 Å². The zero-order valence-corrected chi connectivity index (χ0v) is 17.8. The van der Waals surface area contributed by atoms with E-state index in [1.807, 2.05) is 12.1 Å². The highest BCUT2D eigenvalue weighted by atomic mass is 16.2. The molecule has 0 spiro atoms. The van der Waals surface area contributed by atoms with Crippen molar-refractivity contribution in [1.29, 1.82) is 0 Å². The summed E-state index contributed by atoms with van der Waals surface area (Å²) in [7, 11) is 3.52. The Kier molecular flexibility index (Phi) is 5.97. The van der Waals surface area contributed by atoms with Gasteiger partial charge in [-0.05, 0) is 62.3 Å². The van der Waals surface area contributed by atoms with Gasteiger partial charge in [0, 0.05) is 57.1 Å². The van der Waals surface area contributed by atoms with Gasteiger partial charge in [-0.1, -0.05) is 12.8 Å². The van der Waals surface area contributed by atoms with Crippen molar-refractivity contribution < 1.29 is 9.59 Å². The molecule has 2 aliphatic heterocycles. The number of nitrogens with one attached hydrogen (secondary N) is 1. The average Bonchev–Trinajstić information content (AvgIpc) is 3.21. The van der Waals surface area contributed by atoms with Crippen LogP contribution in [-0.4, -0.2) is 67.6 Å². The molecule has 6 nitrogen and oxygen atoms in total. The molecule has 0 aromatic heterocycles. The Morgan fingerprint density at radius 2 is 1.69 bits per heavy atom. The molecule has 158 valence electrons. The fraction of sp³-hybridized carbons (Fsp3) is 0.652. The number of carbonyl (C=O) groups excluding carboxylic acids is 2. The van der Waals surface area contributed by atoms with E-state index in [4.69, 9.17) is 0 Å². The largest absolute Gasteiger partial charge is 0.369 e. The molecule has 1 aromatic rings. The Hall–Kier alpha value is -2.24. The molecule has 1 saturated carbocycles. The van der Waals surface area contributed by atoms with E-state index in [0.29, 0.717) is 12.0 Å². The summed E-state index contributed by atoms with van der Waals surface area (Å²) in [6.07, 6.45) is 8.40. The lowest BCUT2D eigenvalue weighted by atomic mass is 9.78. The molecule has 3 fully saturated rings. The van der Waals surface area contributed by atoms with Gasteiger partial charge in [0.1, 0.15) is 0 Å². The Bertz CT molecular complexity index is 731. The van der Waals surface area contributed by atoms with Crippen molar-refractivity contribution in [3.8, 4) is 0 Å². The summed E-state index contributed by atoms with van der Waals surface area (Å²) >= 11 is 0. The molecule has 4 rings (SSSR count). The fourth-order valence-corrected chi connectivity index (χ4v) is 5.27. The number of rotatable bonds is 3.